The lowest BCUT2D eigenvalue weighted by atomic mass is 10.0. The first kappa shape index (κ1) is 18.2. The molecule has 110 valence electrons. The molecular weight excluding hydrogens is 230 g/mol. The molecule has 0 radical (unpaired) electrons. The van der Waals surface area contributed by atoms with Gasteiger partial charge < -0.3 is 5.73 Å². The normalized spacial score (nSPS) is 13.4. The standard InChI is InChI=1S/C18H33N/c1-3-5-6-7-8-9-10-11-12-13-14-15-17-18(19)16-4-2/h3,5-8,18H,1,4,9-17,19H2,2H3/b6-5+,8-7+. The van der Waals surface area contributed by atoms with Crippen LogP contribution in [0.15, 0.2) is 37.0 Å². The van der Waals surface area contributed by atoms with E-state index in [1.54, 1.807) is 6.08 Å². The van der Waals surface area contributed by atoms with Crippen LogP contribution in [0.5, 0.6) is 0 Å². The van der Waals surface area contributed by atoms with E-state index in [-0.39, 0.29) is 0 Å². The molecule has 0 spiro atoms. The lowest BCUT2D eigenvalue weighted by Crippen LogP contribution is -2.18. The second kappa shape index (κ2) is 15.2. The molecule has 0 fully saturated rings. The summed E-state index contributed by atoms with van der Waals surface area (Å²) in [5.74, 6) is 0. The zero-order chi connectivity index (χ0) is 14.2. The highest BCUT2D eigenvalue weighted by Crippen LogP contribution is 2.11. The number of allylic oxidation sites excluding steroid dienone is 5. The maximum absolute atomic E-state index is 6.00. The minimum Gasteiger partial charge on any atom is -0.328 e. The zero-order valence-electron chi connectivity index (χ0n) is 12.8. The summed E-state index contributed by atoms with van der Waals surface area (Å²) in [6, 6.07) is 0.443. The van der Waals surface area contributed by atoms with Crippen molar-refractivity contribution in [2.75, 3.05) is 0 Å². The van der Waals surface area contributed by atoms with Crippen molar-refractivity contribution in [3.63, 3.8) is 0 Å². The highest BCUT2D eigenvalue weighted by molar-refractivity contribution is 5.08. The Bertz CT molecular complexity index is 240. The van der Waals surface area contributed by atoms with E-state index in [1.807, 2.05) is 12.2 Å². The molecule has 0 aromatic rings. The molecule has 0 aliphatic carbocycles. The molecule has 2 N–H and O–H groups in total. The van der Waals surface area contributed by atoms with Crippen LogP contribution >= 0.6 is 0 Å². The molecule has 0 rings (SSSR count). The summed E-state index contributed by atoms with van der Waals surface area (Å²) in [6.45, 7) is 5.85. The maximum atomic E-state index is 6.00. The van der Waals surface area contributed by atoms with E-state index in [0.717, 1.165) is 0 Å². The van der Waals surface area contributed by atoms with Gasteiger partial charge in [-0.25, -0.2) is 0 Å². The third kappa shape index (κ3) is 15.1. The highest BCUT2D eigenvalue weighted by Gasteiger charge is 1.99. The van der Waals surface area contributed by atoms with Gasteiger partial charge >= 0.3 is 0 Å². The molecule has 0 saturated carbocycles. The summed E-state index contributed by atoms with van der Waals surface area (Å²) in [6.07, 6.45) is 23.0. The topological polar surface area (TPSA) is 26.0 Å². The van der Waals surface area contributed by atoms with Gasteiger partial charge in [0.05, 0.1) is 0 Å². The Balaban J connectivity index is 3.16. The van der Waals surface area contributed by atoms with Crippen LogP contribution in [0.1, 0.15) is 71.1 Å². The van der Waals surface area contributed by atoms with Gasteiger partial charge in [0.2, 0.25) is 0 Å². The zero-order valence-corrected chi connectivity index (χ0v) is 12.8. The van der Waals surface area contributed by atoms with Crippen molar-refractivity contribution in [3.8, 4) is 0 Å². The van der Waals surface area contributed by atoms with Crippen LogP contribution in [0.4, 0.5) is 0 Å². The second-order valence-corrected chi connectivity index (χ2v) is 5.30. The van der Waals surface area contributed by atoms with Crippen molar-refractivity contribution >= 4 is 0 Å². The molecule has 0 bridgehead atoms. The van der Waals surface area contributed by atoms with Gasteiger partial charge in [-0.15, -0.1) is 0 Å². The number of unbranched alkanes of at least 4 members (excludes halogenated alkanes) is 6. The van der Waals surface area contributed by atoms with E-state index in [0.29, 0.717) is 6.04 Å². The van der Waals surface area contributed by atoms with Crippen LogP contribution in [-0.4, -0.2) is 6.04 Å². The molecule has 0 aliphatic rings. The van der Waals surface area contributed by atoms with Gasteiger partial charge in [0, 0.05) is 6.04 Å². The molecule has 1 unspecified atom stereocenters. The number of hydrogen-bond acceptors (Lipinski definition) is 1. The molecule has 19 heavy (non-hydrogen) atoms. The summed E-state index contributed by atoms with van der Waals surface area (Å²) >= 11 is 0. The highest BCUT2D eigenvalue weighted by atomic mass is 14.6. The van der Waals surface area contributed by atoms with Gasteiger partial charge in [-0.05, 0) is 25.7 Å². The van der Waals surface area contributed by atoms with E-state index < -0.39 is 0 Å². The molecule has 0 saturated heterocycles. The molecular formula is C18H33N. The number of hydrogen-bond donors (Lipinski definition) is 1. The van der Waals surface area contributed by atoms with Gasteiger partial charge in [-0.2, -0.15) is 0 Å². The van der Waals surface area contributed by atoms with Crippen LogP contribution < -0.4 is 5.73 Å². The van der Waals surface area contributed by atoms with Crippen LogP contribution in [0.25, 0.3) is 0 Å². The Labute approximate surface area is 120 Å². The van der Waals surface area contributed by atoms with Crippen molar-refractivity contribution in [1.29, 1.82) is 0 Å². The van der Waals surface area contributed by atoms with Crippen molar-refractivity contribution < 1.29 is 0 Å². The van der Waals surface area contributed by atoms with Crippen LogP contribution in [0.2, 0.25) is 0 Å². The van der Waals surface area contributed by atoms with Crippen LogP contribution in [0.3, 0.4) is 0 Å². The smallest absolute Gasteiger partial charge is 0.00387 e. The van der Waals surface area contributed by atoms with Crippen molar-refractivity contribution in [2.45, 2.75) is 77.2 Å². The third-order valence-corrected chi connectivity index (χ3v) is 3.35. The summed E-state index contributed by atoms with van der Waals surface area (Å²) in [5.41, 5.74) is 6.00. The number of rotatable bonds is 13. The van der Waals surface area contributed by atoms with Crippen molar-refractivity contribution in [1.82, 2.24) is 0 Å². The van der Waals surface area contributed by atoms with Crippen LogP contribution in [0, 0.1) is 0 Å². The predicted octanol–water partition coefficient (Wildman–Crippen LogP) is 5.53. The minimum atomic E-state index is 0.443. The monoisotopic (exact) mass is 263 g/mol. The fourth-order valence-corrected chi connectivity index (χ4v) is 2.21. The van der Waals surface area contributed by atoms with Gasteiger partial charge in [0.1, 0.15) is 0 Å². The first-order chi connectivity index (χ1) is 9.31. The van der Waals surface area contributed by atoms with E-state index >= 15 is 0 Å². The van der Waals surface area contributed by atoms with Gasteiger partial charge in [0.15, 0.2) is 0 Å². The lowest BCUT2D eigenvalue weighted by Gasteiger charge is -2.09. The SMILES string of the molecule is C=C/C=C/C=C/CCCCCCCCC(N)CCC. The summed E-state index contributed by atoms with van der Waals surface area (Å²) in [4.78, 5) is 0. The first-order valence-corrected chi connectivity index (χ1v) is 8.01. The maximum Gasteiger partial charge on any atom is 0.00387 e. The Morgan fingerprint density at radius 1 is 0.895 bits per heavy atom. The average Bonchev–Trinajstić information content (AvgIpc) is 2.40. The predicted molar refractivity (Wildman–Crippen MR) is 88.3 cm³/mol. The van der Waals surface area contributed by atoms with Crippen LogP contribution in [-0.2, 0) is 0 Å². The van der Waals surface area contributed by atoms with E-state index in [2.05, 4.69) is 25.7 Å². The van der Waals surface area contributed by atoms with Crippen molar-refractivity contribution in [3.05, 3.63) is 37.0 Å². The Kier molecular flexibility index (Phi) is 14.6. The fraction of sp³-hybridized carbons (Fsp3) is 0.667. The Morgan fingerprint density at radius 3 is 2.26 bits per heavy atom. The minimum absolute atomic E-state index is 0.443. The summed E-state index contributed by atoms with van der Waals surface area (Å²) in [7, 11) is 0. The molecule has 1 heteroatoms. The Hall–Kier alpha value is -0.820. The lowest BCUT2D eigenvalue weighted by molar-refractivity contribution is 0.507. The molecule has 0 heterocycles. The molecule has 1 atom stereocenters. The largest absolute Gasteiger partial charge is 0.328 e. The third-order valence-electron chi connectivity index (χ3n) is 3.35. The van der Waals surface area contributed by atoms with Gasteiger partial charge in [-0.3, -0.25) is 0 Å². The van der Waals surface area contributed by atoms with E-state index in [4.69, 9.17) is 5.73 Å². The summed E-state index contributed by atoms with van der Waals surface area (Å²) < 4.78 is 0. The fourth-order valence-electron chi connectivity index (χ4n) is 2.21. The van der Waals surface area contributed by atoms with Crippen molar-refractivity contribution in [2.24, 2.45) is 5.73 Å². The molecule has 0 amide bonds. The molecule has 0 aromatic carbocycles. The van der Waals surface area contributed by atoms with Gasteiger partial charge in [0.25, 0.3) is 0 Å². The van der Waals surface area contributed by atoms with Gasteiger partial charge in [-0.1, -0.05) is 82.4 Å². The summed E-state index contributed by atoms with van der Waals surface area (Å²) in [5, 5.41) is 0. The molecule has 1 nitrogen and oxygen atoms in total. The Morgan fingerprint density at radius 2 is 1.58 bits per heavy atom. The van der Waals surface area contributed by atoms with E-state index in [1.165, 1.54) is 64.2 Å². The number of nitrogens with two attached hydrogens (primary N) is 1. The quantitative estimate of drug-likeness (QED) is 0.343. The average molecular weight is 263 g/mol. The first-order valence-electron chi connectivity index (χ1n) is 8.01. The molecule has 0 aromatic heterocycles. The van der Waals surface area contributed by atoms with E-state index in [9.17, 15) is 0 Å². The second-order valence-electron chi connectivity index (χ2n) is 5.30. The molecule has 0 aliphatic heterocycles.